The number of hydrogen-bond acceptors (Lipinski definition) is 4. The average Bonchev–Trinajstić information content (AvgIpc) is 1.80. The summed E-state index contributed by atoms with van der Waals surface area (Å²) in [4.78, 5) is 0. The lowest BCUT2D eigenvalue weighted by molar-refractivity contribution is -0.311. The molecule has 54 valence electrons. The van der Waals surface area contributed by atoms with Gasteiger partial charge in [-0.05, 0) is 6.92 Å². The Morgan fingerprint density at radius 3 is 2.44 bits per heavy atom. The Morgan fingerprint density at radius 1 is 1.33 bits per heavy atom. The second-order valence-corrected chi connectivity index (χ2v) is 2.06. The molecule has 0 amide bonds. The third-order valence-corrected chi connectivity index (χ3v) is 1.12. The second-order valence-electron chi connectivity index (χ2n) is 2.06. The first-order valence-corrected chi connectivity index (χ1v) is 2.83. The van der Waals surface area contributed by atoms with E-state index in [0.717, 1.165) is 0 Å². The van der Waals surface area contributed by atoms with Crippen LogP contribution in [0.15, 0.2) is 0 Å². The molecule has 1 rings (SSSR count). The van der Waals surface area contributed by atoms with E-state index in [4.69, 9.17) is 14.9 Å². The summed E-state index contributed by atoms with van der Waals surface area (Å²) in [6.07, 6.45) is -2.50. The standard InChI is InChI=1S/C5H10O4/c1-3-2-8-4(6)5(7)9-3/h3-7H,2H2,1H3/t3?,4-,5-/m0/s1. The van der Waals surface area contributed by atoms with Crippen LogP contribution in [0.4, 0.5) is 0 Å². The van der Waals surface area contributed by atoms with Gasteiger partial charge in [-0.2, -0.15) is 0 Å². The third kappa shape index (κ3) is 1.62. The molecule has 1 aliphatic rings. The highest BCUT2D eigenvalue weighted by atomic mass is 16.7. The van der Waals surface area contributed by atoms with Gasteiger partial charge in [0.2, 0.25) is 12.6 Å². The van der Waals surface area contributed by atoms with Crippen LogP contribution in [0, 0.1) is 0 Å². The van der Waals surface area contributed by atoms with Gasteiger partial charge in [0.25, 0.3) is 0 Å². The van der Waals surface area contributed by atoms with Crippen LogP contribution in [0.2, 0.25) is 0 Å². The van der Waals surface area contributed by atoms with Crippen molar-refractivity contribution in [3.63, 3.8) is 0 Å². The maximum Gasteiger partial charge on any atom is 0.207 e. The smallest absolute Gasteiger partial charge is 0.207 e. The molecule has 3 atom stereocenters. The highest BCUT2D eigenvalue weighted by Gasteiger charge is 2.25. The second kappa shape index (κ2) is 2.62. The molecule has 0 aromatic rings. The Labute approximate surface area is 53.0 Å². The van der Waals surface area contributed by atoms with E-state index in [1.807, 2.05) is 0 Å². The number of aliphatic hydroxyl groups excluding tert-OH is 2. The van der Waals surface area contributed by atoms with E-state index in [0.29, 0.717) is 6.61 Å². The highest BCUT2D eigenvalue weighted by Crippen LogP contribution is 2.09. The number of hydrogen-bond donors (Lipinski definition) is 2. The fraction of sp³-hybridized carbons (Fsp3) is 1.00. The van der Waals surface area contributed by atoms with Crippen LogP contribution in [-0.4, -0.2) is 35.5 Å². The number of ether oxygens (including phenoxy) is 2. The Kier molecular flexibility index (Phi) is 2.02. The van der Waals surface area contributed by atoms with Crippen LogP contribution in [0.5, 0.6) is 0 Å². The fourth-order valence-corrected chi connectivity index (χ4v) is 0.661. The van der Waals surface area contributed by atoms with Crippen molar-refractivity contribution in [2.75, 3.05) is 6.61 Å². The van der Waals surface area contributed by atoms with Crippen molar-refractivity contribution in [1.82, 2.24) is 0 Å². The number of aliphatic hydroxyl groups is 2. The van der Waals surface area contributed by atoms with Gasteiger partial charge in [-0.1, -0.05) is 0 Å². The molecule has 1 saturated heterocycles. The van der Waals surface area contributed by atoms with Crippen LogP contribution in [0.25, 0.3) is 0 Å². The average molecular weight is 134 g/mol. The molecule has 0 aromatic carbocycles. The molecule has 0 saturated carbocycles. The van der Waals surface area contributed by atoms with E-state index < -0.39 is 12.6 Å². The lowest BCUT2D eigenvalue weighted by Crippen LogP contribution is -2.42. The first kappa shape index (κ1) is 6.95. The van der Waals surface area contributed by atoms with E-state index in [-0.39, 0.29) is 6.10 Å². The van der Waals surface area contributed by atoms with Crippen molar-refractivity contribution >= 4 is 0 Å². The van der Waals surface area contributed by atoms with E-state index in [2.05, 4.69) is 4.74 Å². The summed E-state index contributed by atoms with van der Waals surface area (Å²) in [6, 6.07) is 0. The Morgan fingerprint density at radius 2 is 2.00 bits per heavy atom. The SMILES string of the molecule is CC1CO[C@H](O)[C@@H](O)O1. The Bertz CT molecular complexity index is 95.0. The van der Waals surface area contributed by atoms with Crippen LogP contribution < -0.4 is 0 Å². The minimum Gasteiger partial charge on any atom is -0.364 e. The third-order valence-electron chi connectivity index (χ3n) is 1.12. The largest absolute Gasteiger partial charge is 0.364 e. The maximum atomic E-state index is 8.75. The monoisotopic (exact) mass is 134 g/mol. The van der Waals surface area contributed by atoms with Crippen molar-refractivity contribution in [2.24, 2.45) is 0 Å². The molecular weight excluding hydrogens is 124 g/mol. The van der Waals surface area contributed by atoms with Gasteiger partial charge >= 0.3 is 0 Å². The predicted molar refractivity (Wildman–Crippen MR) is 28.5 cm³/mol. The molecular formula is C5H10O4. The van der Waals surface area contributed by atoms with Crippen molar-refractivity contribution in [3.05, 3.63) is 0 Å². The van der Waals surface area contributed by atoms with Crippen molar-refractivity contribution in [2.45, 2.75) is 25.6 Å². The molecule has 1 unspecified atom stereocenters. The molecule has 1 heterocycles. The Hall–Kier alpha value is -0.160. The minimum atomic E-state index is -1.19. The van der Waals surface area contributed by atoms with E-state index in [1.165, 1.54) is 0 Å². The Balaban J connectivity index is 2.35. The fourth-order valence-electron chi connectivity index (χ4n) is 0.661. The molecule has 2 N–H and O–H groups in total. The summed E-state index contributed by atoms with van der Waals surface area (Å²) in [5.41, 5.74) is 0. The number of rotatable bonds is 0. The van der Waals surface area contributed by atoms with E-state index in [9.17, 15) is 0 Å². The van der Waals surface area contributed by atoms with Gasteiger partial charge in [0.05, 0.1) is 12.7 Å². The van der Waals surface area contributed by atoms with E-state index >= 15 is 0 Å². The molecule has 1 fully saturated rings. The predicted octanol–water partition coefficient (Wildman–Crippen LogP) is -0.942. The van der Waals surface area contributed by atoms with Crippen LogP contribution >= 0.6 is 0 Å². The lowest BCUT2D eigenvalue weighted by atomic mass is 10.4. The summed E-state index contributed by atoms with van der Waals surface area (Å²) in [5.74, 6) is 0. The molecule has 0 aromatic heterocycles. The van der Waals surface area contributed by atoms with Crippen molar-refractivity contribution in [3.8, 4) is 0 Å². The van der Waals surface area contributed by atoms with Gasteiger partial charge in [0, 0.05) is 0 Å². The molecule has 0 spiro atoms. The van der Waals surface area contributed by atoms with Crippen molar-refractivity contribution < 1.29 is 19.7 Å². The highest BCUT2D eigenvalue weighted by molar-refractivity contribution is 4.58. The zero-order valence-corrected chi connectivity index (χ0v) is 5.15. The van der Waals surface area contributed by atoms with E-state index in [1.54, 1.807) is 6.92 Å². The molecule has 0 bridgehead atoms. The van der Waals surface area contributed by atoms with Gasteiger partial charge in [0.15, 0.2) is 0 Å². The summed E-state index contributed by atoms with van der Waals surface area (Å²) >= 11 is 0. The van der Waals surface area contributed by atoms with Crippen LogP contribution in [0.3, 0.4) is 0 Å². The van der Waals surface area contributed by atoms with Crippen LogP contribution in [0.1, 0.15) is 6.92 Å². The van der Waals surface area contributed by atoms with Gasteiger partial charge in [0.1, 0.15) is 0 Å². The topological polar surface area (TPSA) is 58.9 Å². The van der Waals surface area contributed by atoms with Gasteiger partial charge in [-0.15, -0.1) is 0 Å². The summed E-state index contributed by atoms with van der Waals surface area (Å²) in [6.45, 7) is 2.09. The molecule has 1 aliphatic heterocycles. The zero-order valence-electron chi connectivity index (χ0n) is 5.15. The molecule has 4 heteroatoms. The summed E-state index contributed by atoms with van der Waals surface area (Å²) in [5, 5.41) is 17.4. The summed E-state index contributed by atoms with van der Waals surface area (Å²) < 4.78 is 9.46. The summed E-state index contributed by atoms with van der Waals surface area (Å²) in [7, 11) is 0. The zero-order chi connectivity index (χ0) is 6.85. The van der Waals surface area contributed by atoms with Gasteiger partial charge in [-0.3, -0.25) is 0 Å². The molecule has 9 heavy (non-hydrogen) atoms. The quantitative estimate of drug-likeness (QED) is 0.449. The van der Waals surface area contributed by atoms with Gasteiger partial charge in [-0.25, -0.2) is 0 Å². The normalized spacial score (nSPS) is 45.0. The molecule has 4 nitrogen and oxygen atoms in total. The van der Waals surface area contributed by atoms with Gasteiger partial charge < -0.3 is 19.7 Å². The first-order valence-electron chi connectivity index (χ1n) is 2.83. The molecule has 0 radical (unpaired) electrons. The van der Waals surface area contributed by atoms with Crippen molar-refractivity contribution in [1.29, 1.82) is 0 Å². The molecule has 0 aliphatic carbocycles. The minimum absolute atomic E-state index is 0.136. The lowest BCUT2D eigenvalue weighted by Gasteiger charge is -2.28. The first-order chi connectivity index (χ1) is 4.20. The van der Waals surface area contributed by atoms with Crippen LogP contribution in [-0.2, 0) is 9.47 Å². The maximum absolute atomic E-state index is 8.75.